The monoisotopic (exact) mass is 325 g/mol. The molecule has 4 nitrogen and oxygen atoms in total. The van der Waals surface area contributed by atoms with Gasteiger partial charge in [0.25, 0.3) is 5.91 Å². The molecule has 3 rings (SSSR count). The van der Waals surface area contributed by atoms with Crippen molar-refractivity contribution in [1.29, 1.82) is 0 Å². The Hall–Kier alpha value is -2.40. The molecule has 0 bridgehead atoms. The zero-order valence-corrected chi connectivity index (χ0v) is 14.2. The number of hydrogen-bond acceptors (Lipinski definition) is 4. The number of hydrogen-bond donors (Lipinski definition) is 2. The molecule has 0 aliphatic carbocycles. The van der Waals surface area contributed by atoms with Gasteiger partial charge in [-0.15, -0.1) is 11.3 Å². The Kier molecular flexibility index (Phi) is 4.05. The molecule has 3 aromatic rings. The van der Waals surface area contributed by atoms with E-state index in [1.165, 1.54) is 11.3 Å². The smallest absolute Gasteiger partial charge is 0.267 e. The second kappa shape index (κ2) is 6.01. The summed E-state index contributed by atoms with van der Waals surface area (Å²) >= 11 is 1.34. The van der Waals surface area contributed by atoms with Crippen molar-refractivity contribution in [3.05, 3.63) is 52.5 Å². The predicted octanol–water partition coefficient (Wildman–Crippen LogP) is 4.56. The highest BCUT2D eigenvalue weighted by Gasteiger charge is 2.18. The van der Waals surface area contributed by atoms with Crippen molar-refractivity contribution >= 4 is 38.8 Å². The summed E-state index contributed by atoms with van der Waals surface area (Å²) < 4.78 is 0. The molecule has 3 N–H and O–H groups in total. The molecule has 0 aliphatic rings. The number of fused-ring (bicyclic) bond motifs is 1. The number of anilines is 2. The van der Waals surface area contributed by atoms with Gasteiger partial charge < -0.3 is 11.1 Å². The lowest BCUT2D eigenvalue weighted by Crippen LogP contribution is -2.11. The zero-order valence-electron chi connectivity index (χ0n) is 13.4. The van der Waals surface area contributed by atoms with Gasteiger partial charge in [-0.2, -0.15) is 0 Å². The normalized spacial score (nSPS) is 11.1. The second-order valence-electron chi connectivity index (χ2n) is 5.91. The highest BCUT2D eigenvalue weighted by Crippen LogP contribution is 2.34. The van der Waals surface area contributed by atoms with Crippen LogP contribution in [0.5, 0.6) is 0 Å². The van der Waals surface area contributed by atoms with Gasteiger partial charge in [0.1, 0.15) is 9.71 Å². The first-order valence-corrected chi connectivity index (χ1v) is 8.34. The molecule has 23 heavy (non-hydrogen) atoms. The Labute approximate surface area is 139 Å². The number of nitrogens with one attached hydrogen (secondary N) is 1. The van der Waals surface area contributed by atoms with Crippen molar-refractivity contribution < 1.29 is 4.79 Å². The lowest BCUT2D eigenvalue weighted by molar-refractivity contribution is 0.103. The van der Waals surface area contributed by atoms with E-state index < -0.39 is 0 Å². The van der Waals surface area contributed by atoms with Gasteiger partial charge in [-0.1, -0.05) is 26.0 Å². The standard InChI is InChI=1S/C18H19N3OS/c1-10(2)14-8-7-13-15(19)16(23-18(13)21-14)17(22)20-12-6-4-5-11(3)9-12/h4-10H,19H2,1-3H3,(H,20,22). The number of carbonyl (C=O) groups is 1. The van der Waals surface area contributed by atoms with Crippen LogP contribution in [0.15, 0.2) is 36.4 Å². The van der Waals surface area contributed by atoms with Gasteiger partial charge in [0.15, 0.2) is 0 Å². The summed E-state index contributed by atoms with van der Waals surface area (Å²) in [6.07, 6.45) is 0. The molecule has 118 valence electrons. The van der Waals surface area contributed by atoms with Crippen LogP contribution in [0.4, 0.5) is 11.4 Å². The average Bonchev–Trinajstić information content (AvgIpc) is 2.84. The van der Waals surface area contributed by atoms with Crippen LogP contribution >= 0.6 is 11.3 Å². The Balaban J connectivity index is 1.95. The molecule has 2 aromatic heterocycles. The van der Waals surface area contributed by atoms with Crippen molar-refractivity contribution in [3.63, 3.8) is 0 Å². The van der Waals surface area contributed by atoms with Crippen molar-refractivity contribution in [2.24, 2.45) is 0 Å². The summed E-state index contributed by atoms with van der Waals surface area (Å²) in [6, 6.07) is 11.6. The van der Waals surface area contributed by atoms with E-state index in [0.717, 1.165) is 27.2 Å². The number of aromatic nitrogens is 1. The fourth-order valence-electron chi connectivity index (χ4n) is 2.41. The largest absolute Gasteiger partial charge is 0.397 e. The number of nitrogens with two attached hydrogens (primary N) is 1. The quantitative estimate of drug-likeness (QED) is 0.741. The topological polar surface area (TPSA) is 68.0 Å². The van der Waals surface area contributed by atoms with Gasteiger partial charge in [0.2, 0.25) is 0 Å². The third-order valence-electron chi connectivity index (χ3n) is 3.69. The van der Waals surface area contributed by atoms with Crippen molar-refractivity contribution in [1.82, 2.24) is 4.98 Å². The molecule has 0 unspecified atom stereocenters. The fraction of sp³-hybridized carbons (Fsp3) is 0.222. The van der Waals surface area contributed by atoms with Crippen LogP contribution in [0.3, 0.4) is 0 Å². The molecule has 0 saturated heterocycles. The highest BCUT2D eigenvalue weighted by molar-refractivity contribution is 7.21. The van der Waals surface area contributed by atoms with Crippen molar-refractivity contribution in [2.45, 2.75) is 26.7 Å². The van der Waals surface area contributed by atoms with Crippen molar-refractivity contribution in [3.8, 4) is 0 Å². The number of benzene rings is 1. The summed E-state index contributed by atoms with van der Waals surface area (Å²) in [5, 5.41) is 3.74. The molecule has 0 saturated carbocycles. The molecular weight excluding hydrogens is 306 g/mol. The Morgan fingerprint density at radius 1 is 1.26 bits per heavy atom. The van der Waals surface area contributed by atoms with E-state index in [1.54, 1.807) is 0 Å². The number of nitrogen functional groups attached to an aromatic ring is 1. The van der Waals surface area contributed by atoms with E-state index in [1.807, 2.05) is 43.3 Å². The SMILES string of the molecule is Cc1cccc(NC(=O)c2sc3nc(C(C)C)ccc3c2N)c1. The van der Waals surface area contributed by atoms with Gasteiger partial charge in [0, 0.05) is 16.8 Å². The maximum atomic E-state index is 12.5. The first kappa shape index (κ1) is 15.5. The van der Waals surface area contributed by atoms with Crippen LogP contribution in [-0.4, -0.2) is 10.9 Å². The molecule has 0 aliphatic heterocycles. The van der Waals surface area contributed by atoms with E-state index in [2.05, 4.69) is 24.1 Å². The van der Waals surface area contributed by atoms with E-state index in [0.29, 0.717) is 16.5 Å². The van der Waals surface area contributed by atoms with Gasteiger partial charge in [-0.25, -0.2) is 4.98 Å². The molecule has 1 aromatic carbocycles. The van der Waals surface area contributed by atoms with Gasteiger partial charge in [0.05, 0.1) is 5.69 Å². The number of rotatable bonds is 3. The molecule has 1 amide bonds. The van der Waals surface area contributed by atoms with E-state index in [-0.39, 0.29) is 5.91 Å². The number of pyridine rings is 1. The van der Waals surface area contributed by atoms with Crippen molar-refractivity contribution in [2.75, 3.05) is 11.1 Å². The average molecular weight is 325 g/mol. The third-order valence-corrected chi connectivity index (χ3v) is 4.80. The predicted molar refractivity (Wildman–Crippen MR) is 97.3 cm³/mol. The zero-order chi connectivity index (χ0) is 16.6. The van der Waals surface area contributed by atoms with Crippen LogP contribution in [0.25, 0.3) is 10.2 Å². The molecule has 0 spiro atoms. The second-order valence-corrected chi connectivity index (χ2v) is 6.91. The van der Waals surface area contributed by atoms with Gasteiger partial charge in [-0.05, 0) is 42.7 Å². The molecule has 0 atom stereocenters. The molecular formula is C18H19N3OS. The molecule has 2 heterocycles. The number of amides is 1. The lowest BCUT2D eigenvalue weighted by atomic mass is 10.1. The number of nitrogens with zero attached hydrogens (tertiary/aromatic N) is 1. The van der Waals surface area contributed by atoms with Crippen LogP contribution < -0.4 is 11.1 Å². The highest BCUT2D eigenvalue weighted by atomic mass is 32.1. The lowest BCUT2D eigenvalue weighted by Gasteiger charge is -2.05. The Morgan fingerprint density at radius 2 is 2.04 bits per heavy atom. The van der Waals surface area contributed by atoms with Crippen LogP contribution in [0.1, 0.15) is 40.7 Å². The molecule has 5 heteroatoms. The summed E-state index contributed by atoms with van der Waals surface area (Å²) in [4.78, 5) is 18.5. The van der Waals surface area contributed by atoms with Gasteiger partial charge >= 0.3 is 0 Å². The van der Waals surface area contributed by atoms with E-state index >= 15 is 0 Å². The van der Waals surface area contributed by atoms with E-state index in [4.69, 9.17) is 5.73 Å². The number of carbonyl (C=O) groups excluding carboxylic acids is 1. The Bertz CT molecular complexity index is 883. The summed E-state index contributed by atoms with van der Waals surface area (Å²) in [5.74, 6) is 0.148. The maximum Gasteiger partial charge on any atom is 0.267 e. The summed E-state index contributed by atoms with van der Waals surface area (Å²) in [7, 11) is 0. The minimum absolute atomic E-state index is 0.192. The minimum atomic E-state index is -0.192. The molecule has 0 radical (unpaired) electrons. The number of thiophene rings is 1. The first-order chi connectivity index (χ1) is 11.0. The first-order valence-electron chi connectivity index (χ1n) is 7.52. The number of aryl methyl sites for hydroxylation is 1. The van der Waals surface area contributed by atoms with Gasteiger partial charge in [-0.3, -0.25) is 4.79 Å². The van der Waals surface area contributed by atoms with E-state index in [9.17, 15) is 4.79 Å². The van der Waals surface area contributed by atoms with Crippen LogP contribution in [0.2, 0.25) is 0 Å². The van der Waals surface area contributed by atoms with Crippen LogP contribution in [0, 0.1) is 6.92 Å². The van der Waals surface area contributed by atoms with Crippen LogP contribution in [-0.2, 0) is 0 Å². The Morgan fingerprint density at radius 3 is 2.74 bits per heavy atom. The minimum Gasteiger partial charge on any atom is -0.397 e. The fourth-order valence-corrected chi connectivity index (χ4v) is 3.41. The molecule has 0 fully saturated rings. The summed E-state index contributed by atoms with van der Waals surface area (Å²) in [5.41, 5.74) is 9.52. The third kappa shape index (κ3) is 3.05. The maximum absolute atomic E-state index is 12.5. The summed E-state index contributed by atoms with van der Waals surface area (Å²) in [6.45, 7) is 6.17.